The number of carbonyl (C=O) groups is 1. The summed E-state index contributed by atoms with van der Waals surface area (Å²) in [5.74, 6) is 2.81. The summed E-state index contributed by atoms with van der Waals surface area (Å²) in [7, 11) is 0. The van der Waals surface area contributed by atoms with Crippen molar-refractivity contribution in [1.29, 1.82) is 0 Å². The maximum atomic E-state index is 13.3. The molecule has 1 aromatic heterocycles. The molecule has 7 heteroatoms. The molecule has 1 fully saturated rings. The molecule has 2 aliphatic rings. The van der Waals surface area contributed by atoms with E-state index >= 15 is 0 Å². The van der Waals surface area contributed by atoms with E-state index in [1.165, 1.54) is 11.1 Å². The number of halogens is 1. The van der Waals surface area contributed by atoms with Gasteiger partial charge >= 0.3 is 0 Å². The van der Waals surface area contributed by atoms with Gasteiger partial charge in [-0.3, -0.25) is 4.79 Å². The smallest absolute Gasteiger partial charge is 0.222 e. The molecule has 2 unspecified atom stereocenters. The molecular formula is C32H35ClN4O2. The molecule has 6 nitrogen and oxygen atoms in total. The number of aryl methyl sites for hydroxylation is 1. The second kappa shape index (κ2) is 10.9. The van der Waals surface area contributed by atoms with Crippen LogP contribution < -0.4 is 9.64 Å². The molecule has 2 atom stereocenters. The van der Waals surface area contributed by atoms with Crippen LogP contribution >= 0.6 is 11.6 Å². The third kappa shape index (κ3) is 5.48. The normalized spacial score (nSPS) is 19.8. The van der Waals surface area contributed by atoms with E-state index in [0.717, 1.165) is 77.9 Å². The lowest BCUT2D eigenvalue weighted by molar-refractivity contribution is -0.133. The Balaban J connectivity index is 1.11. The molecule has 202 valence electrons. The Labute approximate surface area is 234 Å². The first-order valence-electron chi connectivity index (χ1n) is 13.9. The number of nitrogens with one attached hydrogen (secondary N) is 1. The van der Waals surface area contributed by atoms with Gasteiger partial charge in [-0.05, 0) is 84.7 Å². The first-order chi connectivity index (χ1) is 18.9. The van der Waals surface area contributed by atoms with Crippen LogP contribution in [0, 0.1) is 18.8 Å². The number of nitrogens with zero attached hydrogens (tertiary/aromatic N) is 3. The van der Waals surface area contributed by atoms with E-state index in [1.807, 2.05) is 30.0 Å². The minimum Gasteiger partial charge on any atom is -0.493 e. The maximum Gasteiger partial charge on any atom is 0.222 e. The maximum absolute atomic E-state index is 13.3. The number of para-hydroxylation sites is 1. The predicted octanol–water partition coefficient (Wildman–Crippen LogP) is 6.51. The lowest BCUT2D eigenvalue weighted by atomic mass is 9.82. The van der Waals surface area contributed by atoms with Gasteiger partial charge in [0, 0.05) is 32.6 Å². The number of ether oxygens (including phenoxy) is 1. The Hall–Kier alpha value is -3.51. The summed E-state index contributed by atoms with van der Waals surface area (Å²) in [5, 5.41) is 0.765. The van der Waals surface area contributed by atoms with Gasteiger partial charge in [-0.2, -0.15) is 0 Å². The summed E-state index contributed by atoms with van der Waals surface area (Å²) in [6, 6.07) is 20.8. The molecule has 1 N–H and O–H groups in total. The van der Waals surface area contributed by atoms with Crippen LogP contribution in [-0.2, 0) is 11.2 Å². The van der Waals surface area contributed by atoms with Gasteiger partial charge in [0.05, 0.1) is 28.4 Å². The molecule has 3 aromatic carbocycles. The highest BCUT2D eigenvalue weighted by Gasteiger charge is 2.28. The first-order valence-corrected chi connectivity index (χ1v) is 14.3. The molecule has 4 aromatic rings. The summed E-state index contributed by atoms with van der Waals surface area (Å²) in [5.41, 5.74) is 6.63. The highest BCUT2D eigenvalue weighted by Crippen LogP contribution is 2.35. The van der Waals surface area contributed by atoms with E-state index in [2.05, 4.69) is 64.3 Å². The van der Waals surface area contributed by atoms with Crippen molar-refractivity contribution in [3.8, 4) is 16.9 Å². The van der Waals surface area contributed by atoms with Crippen LogP contribution in [0.25, 0.3) is 22.2 Å². The second-order valence-corrected chi connectivity index (χ2v) is 11.4. The number of aromatic nitrogens is 2. The molecule has 2 aliphatic heterocycles. The molecule has 6 rings (SSSR count). The summed E-state index contributed by atoms with van der Waals surface area (Å²) in [6.45, 7) is 7.97. The van der Waals surface area contributed by atoms with Crippen molar-refractivity contribution >= 4 is 34.2 Å². The number of H-pyrrole nitrogens is 1. The zero-order valence-electron chi connectivity index (χ0n) is 22.6. The number of benzene rings is 3. The van der Waals surface area contributed by atoms with Crippen molar-refractivity contribution in [1.82, 2.24) is 14.9 Å². The van der Waals surface area contributed by atoms with Crippen molar-refractivity contribution in [2.45, 2.75) is 33.1 Å². The number of anilines is 1. The van der Waals surface area contributed by atoms with Crippen molar-refractivity contribution in [2.24, 2.45) is 11.8 Å². The monoisotopic (exact) mass is 542 g/mol. The third-order valence-corrected chi connectivity index (χ3v) is 8.67. The summed E-state index contributed by atoms with van der Waals surface area (Å²) in [6.07, 6.45) is 2.36. The van der Waals surface area contributed by atoms with Crippen molar-refractivity contribution in [3.05, 3.63) is 77.1 Å². The Morgan fingerprint density at radius 3 is 2.64 bits per heavy atom. The highest BCUT2D eigenvalue weighted by molar-refractivity contribution is 6.33. The zero-order chi connectivity index (χ0) is 26.9. The average Bonchev–Trinajstić information content (AvgIpc) is 3.32. The van der Waals surface area contributed by atoms with Crippen LogP contribution in [-0.4, -0.2) is 53.6 Å². The number of carbonyl (C=O) groups excluding carboxylic acids is 1. The van der Waals surface area contributed by atoms with E-state index in [0.29, 0.717) is 24.9 Å². The molecule has 1 amide bonds. The molecule has 0 radical (unpaired) electrons. The molecule has 0 saturated carbocycles. The van der Waals surface area contributed by atoms with Crippen LogP contribution in [0.15, 0.2) is 60.7 Å². The molecule has 1 saturated heterocycles. The summed E-state index contributed by atoms with van der Waals surface area (Å²) < 4.78 is 6.21. The average molecular weight is 543 g/mol. The quantitative estimate of drug-likeness (QED) is 0.319. The van der Waals surface area contributed by atoms with Gasteiger partial charge in [-0.1, -0.05) is 42.8 Å². The van der Waals surface area contributed by atoms with Crippen LogP contribution in [0.3, 0.4) is 0 Å². The highest BCUT2D eigenvalue weighted by atomic mass is 35.5. The van der Waals surface area contributed by atoms with Crippen molar-refractivity contribution < 1.29 is 9.53 Å². The van der Waals surface area contributed by atoms with Crippen LogP contribution in [0.1, 0.15) is 31.2 Å². The van der Waals surface area contributed by atoms with Gasteiger partial charge in [-0.25, -0.2) is 4.98 Å². The Morgan fingerprint density at radius 1 is 1.05 bits per heavy atom. The SMILES string of the molecule is Cc1nc2ccc(-c3ccc4c(c3)CC(C)C(CC(=O)N3CCN(c5ccccc5Cl)CC3)CCO4)cc2[nH]1. The minimum absolute atomic E-state index is 0.253. The lowest BCUT2D eigenvalue weighted by Crippen LogP contribution is -2.49. The zero-order valence-corrected chi connectivity index (χ0v) is 23.4. The van der Waals surface area contributed by atoms with E-state index in [1.54, 1.807) is 0 Å². The molecular weight excluding hydrogens is 508 g/mol. The van der Waals surface area contributed by atoms with Crippen LogP contribution in [0.4, 0.5) is 5.69 Å². The molecule has 0 bridgehead atoms. The fraction of sp³-hybridized carbons (Fsp3) is 0.375. The van der Waals surface area contributed by atoms with Gasteiger partial charge in [0.2, 0.25) is 5.91 Å². The van der Waals surface area contributed by atoms with Gasteiger partial charge in [0.25, 0.3) is 0 Å². The fourth-order valence-electron chi connectivity index (χ4n) is 6.06. The van der Waals surface area contributed by atoms with E-state index in [-0.39, 0.29) is 5.91 Å². The number of hydrogen-bond acceptors (Lipinski definition) is 4. The van der Waals surface area contributed by atoms with E-state index < -0.39 is 0 Å². The number of imidazole rings is 1. The van der Waals surface area contributed by atoms with Crippen molar-refractivity contribution in [2.75, 3.05) is 37.7 Å². The fourth-order valence-corrected chi connectivity index (χ4v) is 6.31. The van der Waals surface area contributed by atoms with E-state index in [4.69, 9.17) is 16.3 Å². The topological polar surface area (TPSA) is 61.5 Å². The van der Waals surface area contributed by atoms with Crippen LogP contribution in [0.5, 0.6) is 5.75 Å². The Morgan fingerprint density at radius 2 is 1.82 bits per heavy atom. The van der Waals surface area contributed by atoms with Crippen LogP contribution in [0.2, 0.25) is 5.02 Å². The number of piperazine rings is 1. The van der Waals surface area contributed by atoms with Gasteiger partial charge < -0.3 is 19.5 Å². The Bertz CT molecular complexity index is 1490. The largest absolute Gasteiger partial charge is 0.493 e. The van der Waals surface area contributed by atoms with Gasteiger partial charge in [0.1, 0.15) is 11.6 Å². The van der Waals surface area contributed by atoms with Gasteiger partial charge in [-0.15, -0.1) is 0 Å². The number of hydrogen-bond donors (Lipinski definition) is 1. The van der Waals surface area contributed by atoms with Gasteiger partial charge in [0.15, 0.2) is 0 Å². The minimum atomic E-state index is 0.253. The van der Waals surface area contributed by atoms with Crippen molar-refractivity contribution in [3.63, 3.8) is 0 Å². The second-order valence-electron chi connectivity index (χ2n) is 11.0. The summed E-state index contributed by atoms with van der Waals surface area (Å²) >= 11 is 6.40. The predicted molar refractivity (Wildman–Crippen MR) is 158 cm³/mol. The lowest BCUT2D eigenvalue weighted by Gasteiger charge is -2.37. The first kappa shape index (κ1) is 25.8. The number of amides is 1. The third-order valence-electron chi connectivity index (χ3n) is 8.35. The molecule has 0 spiro atoms. The summed E-state index contributed by atoms with van der Waals surface area (Å²) in [4.78, 5) is 25.5. The van der Waals surface area contributed by atoms with E-state index in [9.17, 15) is 4.79 Å². The molecule has 39 heavy (non-hydrogen) atoms. The Kier molecular flexibility index (Phi) is 7.22. The molecule has 0 aliphatic carbocycles. The molecule has 3 heterocycles. The standard InChI is InChI=1S/C32H35ClN4O2/c1-21-17-26-18-24(25-7-9-28-29(19-25)35-22(2)34-28)8-10-31(26)39-16-11-23(21)20-32(38)37-14-12-36(13-15-37)30-6-4-3-5-27(30)33/h3-10,18-19,21,23H,11-17,20H2,1-2H3,(H,34,35). The number of fused-ring (bicyclic) bond motifs is 2. The number of aromatic amines is 1. The number of rotatable bonds is 4.